The van der Waals surface area contributed by atoms with Crippen LogP contribution >= 0.6 is 24.0 Å². The van der Waals surface area contributed by atoms with E-state index in [0.29, 0.717) is 19.0 Å². The zero-order chi connectivity index (χ0) is 17.0. The number of hydrogen-bond donors (Lipinski definition) is 3. The Labute approximate surface area is 159 Å². The molecule has 0 aromatic heterocycles. The van der Waals surface area contributed by atoms with Gasteiger partial charge in [-0.05, 0) is 32.6 Å². The molecule has 0 aromatic rings. The van der Waals surface area contributed by atoms with Crippen molar-refractivity contribution in [1.29, 1.82) is 0 Å². The molecule has 0 aliphatic rings. The maximum Gasteiger partial charge on any atom is 0.221 e. The molecule has 0 fully saturated rings. The molecule has 0 aliphatic heterocycles. The van der Waals surface area contributed by atoms with Crippen molar-refractivity contribution in [2.24, 2.45) is 10.9 Å². The SMILES string of the molecule is CCC(C)NC(=O)CCNC(=NC)NC(C)CCCC(C)C.I. The highest BCUT2D eigenvalue weighted by Gasteiger charge is 2.08. The van der Waals surface area contributed by atoms with Gasteiger partial charge in [-0.2, -0.15) is 0 Å². The van der Waals surface area contributed by atoms with E-state index >= 15 is 0 Å². The van der Waals surface area contributed by atoms with Crippen molar-refractivity contribution in [1.82, 2.24) is 16.0 Å². The second kappa shape index (κ2) is 15.0. The summed E-state index contributed by atoms with van der Waals surface area (Å²) in [5.41, 5.74) is 0. The molecule has 0 spiro atoms. The summed E-state index contributed by atoms with van der Waals surface area (Å²) >= 11 is 0. The highest BCUT2D eigenvalue weighted by Crippen LogP contribution is 2.08. The summed E-state index contributed by atoms with van der Waals surface area (Å²) < 4.78 is 0. The van der Waals surface area contributed by atoms with E-state index in [1.165, 1.54) is 12.8 Å². The average molecular weight is 440 g/mol. The minimum Gasteiger partial charge on any atom is -0.356 e. The minimum absolute atomic E-state index is 0. The van der Waals surface area contributed by atoms with Crippen molar-refractivity contribution < 1.29 is 4.79 Å². The first kappa shape index (κ1) is 24.7. The van der Waals surface area contributed by atoms with Crippen LogP contribution in [0.3, 0.4) is 0 Å². The molecule has 0 saturated carbocycles. The van der Waals surface area contributed by atoms with Crippen LogP contribution in [0.2, 0.25) is 0 Å². The number of rotatable bonds is 10. The molecule has 2 atom stereocenters. The highest BCUT2D eigenvalue weighted by atomic mass is 127. The van der Waals surface area contributed by atoms with Crippen molar-refractivity contribution >= 4 is 35.8 Å². The Kier molecular flexibility index (Phi) is 16.1. The Bertz CT molecular complexity index is 335. The van der Waals surface area contributed by atoms with Crippen LogP contribution in [0.15, 0.2) is 4.99 Å². The number of carbonyl (C=O) groups is 1. The molecule has 6 heteroatoms. The van der Waals surface area contributed by atoms with Crippen LogP contribution in [0, 0.1) is 5.92 Å². The fourth-order valence-electron chi connectivity index (χ4n) is 2.08. The summed E-state index contributed by atoms with van der Waals surface area (Å²) in [5.74, 6) is 1.62. The third-order valence-electron chi connectivity index (χ3n) is 3.69. The molecule has 0 aromatic carbocycles. The van der Waals surface area contributed by atoms with Crippen LogP contribution in [0.1, 0.15) is 66.7 Å². The number of halogens is 1. The van der Waals surface area contributed by atoms with Gasteiger partial charge in [0.2, 0.25) is 5.91 Å². The quantitative estimate of drug-likeness (QED) is 0.278. The minimum atomic E-state index is 0. The molecule has 5 nitrogen and oxygen atoms in total. The van der Waals surface area contributed by atoms with Crippen molar-refractivity contribution in [3.05, 3.63) is 0 Å². The number of guanidine groups is 1. The van der Waals surface area contributed by atoms with Crippen molar-refractivity contribution in [2.75, 3.05) is 13.6 Å². The van der Waals surface area contributed by atoms with Crippen molar-refractivity contribution in [2.45, 2.75) is 78.8 Å². The van der Waals surface area contributed by atoms with Gasteiger partial charge in [-0.1, -0.05) is 33.6 Å². The molecule has 3 N–H and O–H groups in total. The van der Waals surface area contributed by atoms with Crippen LogP contribution in [0.5, 0.6) is 0 Å². The van der Waals surface area contributed by atoms with Crippen LogP contribution in [0.25, 0.3) is 0 Å². The molecule has 138 valence electrons. The summed E-state index contributed by atoms with van der Waals surface area (Å²) in [4.78, 5) is 15.9. The molecular weight excluding hydrogens is 403 g/mol. The number of carbonyl (C=O) groups excluding carboxylic acids is 1. The van der Waals surface area contributed by atoms with E-state index in [4.69, 9.17) is 0 Å². The Balaban J connectivity index is 0. The van der Waals surface area contributed by atoms with Gasteiger partial charge in [0.25, 0.3) is 0 Å². The first-order valence-electron chi connectivity index (χ1n) is 8.65. The third-order valence-corrected chi connectivity index (χ3v) is 3.69. The van der Waals surface area contributed by atoms with E-state index < -0.39 is 0 Å². The van der Waals surface area contributed by atoms with E-state index in [2.05, 4.69) is 48.6 Å². The summed E-state index contributed by atoms with van der Waals surface area (Å²) in [5, 5.41) is 9.53. The lowest BCUT2D eigenvalue weighted by Crippen LogP contribution is -2.43. The number of nitrogens with one attached hydrogen (secondary N) is 3. The monoisotopic (exact) mass is 440 g/mol. The first-order valence-corrected chi connectivity index (χ1v) is 8.65. The van der Waals surface area contributed by atoms with Gasteiger partial charge in [0.15, 0.2) is 5.96 Å². The molecular formula is C17H37IN4O. The topological polar surface area (TPSA) is 65.5 Å². The summed E-state index contributed by atoms with van der Waals surface area (Å²) in [6, 6.07) is 0.629. The molecule has 0 bridgehead atoms. The van der Waals surface area contributed by atoms with E-state index in [-0.39, 0.29) is 35.9 Å². The molecule has 23 heavy (non-hydrogen) atoms. The van der Waals surface area contributed by atoms with Crippen molar-refractivity contribution in [3.8, 4) is 0 Å². The molecule has 0 heterocycles. The number of amides is 1. The van der Waals surface area contributed by atoms with E-state index in [1.807, 2.05) is 6.92 Å². The number of nitrogens with zero attached hydrogens (tertiary/aromatic N) is 1. The molecule has 0 radical (unpaired) electrons. The zero-order valence-corrected chi connectivity index (χ0v) is 18.1. The molecule has 1 amide bonds. The lowest BCUT2D eigenvalue weighted by molar-refractivity contribution is -0.121. The Morgan fingerprint density at radius 2 is 1.70 bits per heavy atom. The van der Waals surface area contributed by atoms with Gasteiger partial charge in [-0.3, -0.25) is 9.79 Å². The smallest absolute Gasteiger partial charge is 0.221 e. The predicted molar refractivity (Wildman–Crippen MR) is 111 cm³/mol. The predicted octanol–water partition coefficient (Wildman–Crippen LogP) is 3.29. The second-order valence-electron chi connectivity index (χ2n) is 6.50. The summed E-state index contributed by atoms with van der Waals surface area (Å²) in [6.07, 6.45) is 5.03. The third kappa shape index (κ3) is 14.8. The first-order chi connectivity index (χ1) is 10.4. The van der Waals surface area contributed by atoms with Gasteiger partial charge in [0, 0.05) is 32.1 Å². The van der Waals surface area contributed by atoms with Crippen LogP contribution in [0.4, 0.5) is 0 Å². The van der Waals surface area contributed by atoms with Crippen LogP contribution in [-0.4, -0.2) is 37.5 Å². The standard InChI is InChI=1S/C17H36N4O.HI/c1-7-14(4)20-16(22)11-12-19-17(18-6)21-15(5)10-8-9-13(2)3;/h13-15H,7-12H2,1-6H3,(H,20,22)(H2,18,19,21);1H. The Morgan fingerprint density at radius 3 is 2.22 bits per heavy atom. The molecule has 0 rings (SSSR count). The van der Waals surface area contributed by atoms with E-state index in [0.717, 1.165) is 24.7 Å². The molecule has 0 aliphatic carbocycles. The lowest BCUT2D eigenvalue weighted by Gasteiger charge is -2.18. The Hall–Kier alpha value is -0.530. The average Bonchev–Trinajstić information content (AvgIpc) is 2.45. The van der Waals surface area contributed by atoms with Crippen LogP contribution in [-0.2, 0) is 4.79 Å². The summed E-state index contributed by atoms with van der Waals surface area (Å²) in [6.45, 7) is 11.4. The fraction of sp³-hybridized carbons (Fsp3) is 0.882. The fourth-order valence-corrected chi connectivity index (χ4v) is 2.08. The lowest BCUT2D eigenvalue weighted by atomic mass is 10.0. The maximum absolute atomic E-state index is 11.7. The van der Waals surface area contributed by atoms with Crippen molar-refractivity contribution in [3.63, 3.8) is 0 Å². The largest absolute Gasteiger partial charge is 0.356 e. The molecule has 0 saturated heterocycles. The van der Waals surface area contributed by atoms with Crippen LogP contribution < -0.4 is 16.0 Å². The van der Waals surface area contributed by atoms with E-state index in [9.17, 15) is 4.79 Å². The Morgan fingerprint density at radius 1 is 1.04 bits per heavy atom. The van der Waals surface area contributed by atoms with Gasteiger partial charge in [0.05, 0.1) is 0 Å². The zero-order valence-electron chi connectivity index (χ0n) is 15.7. The second-order valence-corrected chi connectivity index (χ2v) is 6.50. The number of hydrogen-bond acceptors (Lipinski definition) is 2. The van der Waals surface area contributed by atoms with Gasteiger partial charge in [-0.25, -0.2) is 0 Å². The highest BCUT2D eigenvalue weighted by molar-refractivity contribution is 14.0. The van der Waals surface area contributed by atoms with Gasteiger partial charge >= 0.3 is 0 Å². The van der Waals surface area contributed by atoms with E-state index in [1.54, 1.807) is 7.05 Å². The van der Waals surface area contributed by atoms with Gasteiger partial charge < -0.3 is 16.0 Å². The maximum atomic E-state index is 11.7. The summed E-state index contributed by atoms with van der Waals surface area (Å²) in [7, 11) is 1.76. The number of aliphatic imine (C=N–C) groups is 1. The normalized spacial score (nSPS) is 14.0. The molecule has 2 unspecified atom stereocenters. The van der Waals surface area contributed by atoms with Gasteiger partial charge in [0.1, 0.15) is 0 Å². The van der Waals surface area contributed by atoms with Gasteiger partial charge in [-0.15, -0.1) is 24.0 Å².